The maximum absolute atomic E-state index is 12.4. The second-order valence-electron chi connectivity index (χ2n) is 7.21. The van der Waals surface area contributed by atoms with Gasteiger partial charge in [-0.3, -0.25) is 9.69 Å². The van der Waals surface area contributed by atoms with E-state index in [1.807, 2.05) is 26.1 Å². The van der Waals surface area contributed by atoms with Crippen LogP contribution in [0.15, 0.2) is 24.3 Å². The van der Waals surface area contributed by atoms with Gasteiger partial charge < -0.3 is 10.2 Å². The van der Waals surface area contributed by atoms with Gasteiger partial charge in [-0.05, 0) is 63.4 Å². The molecule has 2 atom stereocenters. The van der Waals surface area contributed by atoms with Crippen LogP contribution in [-0.4, -0.2) is 43.5 Å². The van der Waals surface area contributed by atoms with E-state index in [0.29, 0.717) is 5.92 Å². The summed E-state index contributed by atoms with van der Waals surface area (Å²) in [5, 5.41) is 3.04. The van der Waals surface area contributed by atoms with Crippen molar-refractivity contribution in [1.29, 1.82) is 0 Å². The van der Waals surface area contributed by atoms with E-state index in [-0.39, 0.29) is 11.9 Å². The Balaban J connectivity index is 1.89. The zero-order chi connectivity index (χ0) is 17.5. The molecule has 0 saturated carbocycles. The van der Waals surface area contributed by atoms with Crippen LogP contribution in [0.3, 0.4) is 0 Å². The van der Waals surface area contributed by atoms with E-state index in [1.54, 1.807) is 0 Å². The number of nitrogens with zero attached hydrogens (tertiary/aromatic N) is 2. The van der Waals surface area contributed by atoms with Crippen LogP contribution in [0.2, 0.25) is 0 Å². The normalized spacial score (nSPS) is 17.6. The highest BCUT2D eigenvalue weighted by atomic mass is 16.2. The predicted molar refractivity (Wildman–Crippen MR) is 103 cm³/mol. The molecule has 1 heterocycles. The summed E-state index contributed by atoms with van der Waals surface area (Å²) in [4.78, 5) is 17.0. The lowest BCUT2D eigenvalue weighted by Crippen LogP contribution is -2.41. The Hall–Kier alpha value is -1.55. The molecule has 1 N–H and O–H groups in total. The van der Waals surface area contributed by atoms with Crippen molar-refractivity contribution in [2.75, 3.05) is 36.9 Å². The molecule has 0 aromatic heterocycles. The number of carbonyl (C=O) groups is 1. The highest BCUT2D eigenvalue weighted by Gasteiger charge is 2.19. The number of carbonyl (C=O) groups excluding carboxylic acids is 1. The first-order chi connectivity index (χ1) is 11.5. The Labute approximate surface area is 147 Å². The summed E-state index contributed by atoms with van der Waals surface area (Å²) in [6.07, 6.45) is 5.03. The van der Waals surface area contributed by atoms with Crippen molar-refractivity contribution in [2.24, 2.45) is 5.92 Å². The number of likely N-dealkylation sites (N-methyl/N-ethyl adjacent to an activating group) is 1. The number of piperidine rings is 1. The molecule has 4 heteroatoms. The maximum Gasteiger partial charge on any atom is 0.241 e. The lowest BCUT2D eigenvalue weighted by atomic mass is 10.1. The molecule has 1 aromatic carbocycles. The minimum atomic E-state index is -0.124. The number of benzene rings is 1. The molecule has 0 spiro atoms. The van der Waals surface area contributed by atoms with Gasteiger partial charge in [-0.15, -0.1) is 0 Å². The molecule has 1 fully saturated rings. The van der Waals surface area contributed by atoms with Gasteiger partial charge in [0.15, 0.2) is 0 Å². The minimum absolute atomic E-state index is 0.0616. The van der Waals surface area contributed by atoms with Crippen molar-refractivity contribution in [2.45, 2.75) is 52.5 Å². The third-order valence-electron chi connectivity index (χ3n) is 5.19. The second kappa shape index (κ2) is 9.07. The molecular weight excluding hydrogens is 298 g/mol. The molecule has 1 amide bonds. The van der Waals surface area contributed by atoms with Crippen LogP contribution < -0.4 is 10.2 Å². The second-order valence-corrected chi connectivity index (χ2v) is 7.21. The van der Waals surface area contributed by atoms with E-state index in [9.17, 15) is 4.79 Å². The molecule has 0 aliphatic carbocycles. The Morgan fingerprint density at radius 2 is 1.79 bits per heavy atom. The third-order valence-corrected chi connectivity index (χ3v) is 5.19. The van der Waals surface area contributed by atoms with Crippen LogP contribution in [0.5, 0.6) is 0 Å². The van der Waals surface area contributed by atoms with Gasteiger partial charge in [0, 0.05) is 31.0 Å². The summed E-state index contributed by atoms with van der Waals surface area (Å²) >= 11 is 0. The van der Waals surface area contributed by atoms with Crippen LogP contribution in [-0.2, 0) is 4.79 Å². The standard InChI is InChI=1S/C20H33N3O/c1-5-16(2)15-22(4)17(3)20(24)21-18-9-11-19(12-10-18)23-13-7-6-8-14-23/h9-12,16-17H,5-8,13-15H2,1-4H3,(H,21,24). The van der Waals surface area contributed by atoms with Gasteiger partial charge in [-0.1, -0.05) is 20.3 Å². The topological polar surface area (TPSA) is 35.6 Å². The average Bonchev–Trinajstić information content (AvgIpc) is 2.62. The Bertz CT molecular complexity index is 508. The first-order valence-corrected chi connectivity index (χ1v) is 9.37. The van der Waals surface area contributed by atoms with E-state index in [2.05, 4.69) is 41.1 Å². The van der Waals surface area contributed by atoms with Gasteiger partial charge in [-0.25, -0.2) is 0 Å². The van der Waals surface area contributed by atoms with Crippen molar-refractivity contribution >= 4 is 17.3 Å². The average molecular weight is 332 g/mol. The fourth-order valence-electron chi connectivity index (χ4n) is 3.13. The smallest absolute Gasteiger partial charge is 0.241 e. The quantitative estimate of drug-likeness (QED) is 0.821. The van der Waals surface area contributed by atoms with Crippen LogP contribution in [0, 0.1) is 5.92 Å². The summed E-state index contributed by atoms with van der Waals surface area (Å²) in [5.41, 5.74) is 2.14. The highest BCUT2D eigenvalue weighted by Crippen LogP contribution is 2.22. The molecule has 1 aliphatic heterocycles. The highest BCUT2D eigenvalue weighted by molar-refractivity contribution is 5.94. The largest absolute Gasteiger partial charge is 0.372 e. The summed E-state index contributed by atoms with van der Waals surface area (Å²) in [7, 11) is 2.02. The van der Waals surface area contributed by atoms with Gasteiger partial charge in [0.05, 0.1) is 6.04 Å². The number of nitrogens with one attached hydrogen (secondary N) is 1. The van der Waals surface area contributed by atoms with E-state index in [1.165, 1.54) is 24.9 Å². The molecule has 1 saturated heterocycles. The molecule has 134 valence electrons. The fraction of sp³-hybridized carbons (Fsp3) is 0.650. The maximum atomic E-state index is 12.4. The first kappa shape index (κ1) is 18.8. The van der Waals surface area contributed by atoms with Crippen molar-refractivity contribution in [3.8, 4) is 0 Å². The van der Waals surface area contributed by atoms with E-state index >= 15 is 0 Å². The molecule has 0 bridgehead atoms. The van der Waals surface area contributed by atoms with E-state index < -0.39 is 0 Å². The molecule has 2 unspecified atom stereocenters. The van der Waals surface area contributed by atoms with Crippen LogP contribution in [0.1, 0.15) is 46.5 Å². The van der Waals surface area contributed by atoms with Crippen molar-refractivity contribution in [3.63, 3.8) is 0 Å². The molecule has 4 nitrogen and oxygen atoms in total. The van der Waals surface area contributed by atoms with Gasteiger partial charge in [-0.2, -0.15) is 0 Å². The van der Waals surface area contributed by atoms with E-state index in [4.69, 9.17) is 0 Å². The SMILES string of the molecule is CCC(C)CN(C)C(C)C(=O)Nc1ccc(N2CCCCC2)cc1. The summed E-state index contributed by atoms with van der Waals surface area (Å²) in [5.74, 6) is 0.667. The molecule has 2 rings (SSSR count). The summed E-state index contributed by atoms with van der Waals surface area (Å²) < 4.78 is 0. The van der Waals surface area contributed by atoms with Crippen molar-refractivity contribution in [1.82, 2.24) is 4.90 Å². The fourth-order valence-corrected chi connectivity index (χ4v) is 3.13. The van der Waals surface area contributed by atoms with Gasteiger partial charge >= 0.3 is 0 Å². The zero-order valence-electron chi connectivity index (χ0n) is 15.7. The van der Waals surface area contributed by atoms with Crippen LogP contribution >= 0.6 is 0 Å². The third kappa shape index (κ3) is 5.23. The van der Waals surface area contributed by atoms with Gasteiger partial charge in [0.25, 0.3) is 0 Å². The molecule has 24 heavy (non-hydrogen) atoms. The molecular formula is C20H33N3O. The first-order valence-electron chi connectivity index (χ1n) is 9.37. The van der Waals surface area contributed by atoms with Crippen LogP contribution in [0.25, 0.3) is 0 Å². The van der Waals surface area contributed by atoms with Crippen LogP contribution in [0.4, 0.5) is 11.4 Å². The molecule has 1 aromatic rings. The summed E-state index contributed by atoms with van der Waals surface area (Å²) in [6, 6.07) is 8.15. The zero-order valence-corrected chi connectivity index (χ0v) is 15.7. The summed E-state index contributed by atoms with van der Waals surface area (Å²) in [6.45, 7) is 9.61. The Morgan fingerprint density at radius 1 is 1.17 bits per heavy atom. The number of amides is 1. The lowest BCUT2D eigenvalue weighted by molar-refractivity contribution is -0.120. The number of hydrogen-bond acceptors (Lipinski definition) is 3. The van der Waals surface area contributed by atoms with Gasteiger partial charge in [0.1, 0.15) is 0 Å². The predicted octanol–water partition coefficient (Wildman–Crippen LogP) is 3.98. The van der Waals surface area contributed by atoms with Crippen molar-refractivity contribution in [3.05, 3.63) is 24.3 Å². The number of rotatable bonds is 7. The van der Waals surface area contributed by atoms with Gasteiger partial charge in [0.2, 0.25) is 5.91 Å². The Morgan fingerprint density at radius 3 is 2.38 bits per heavy atom. The number of hydrogen-bond donors (Lipinski definition) is 1. The molecule has 0 radical (unpaired) electrons. The number of anilines is 2. The Kier molecular flexibility index (Phi) is 7.10. The van der Waals surface area contributed by atoms with E-state index in [0.717, 1.165) is 31.7 Å². The monoisotopic (exact) mass is 331 g/mol. The van der Waals surface area contributed by atoms with Crippen molar-refractivity contribution < 1.29 is 4.79 Å². The molecule has 1 aliphatic rings. The lowest BCUT2D eigenvalue weighted by Gasteiger charge is -2.29. The minimum Gasteiger partial charge on any atom is -0.372 e.